The molecule has 2 aromatic heterocycles. The summed E-state index contributed by atoms with van der Waals surface area (Å²) in [4.78, 5) is 4.24. The Morgan fingerprint density at radius 3 is 2.75 bits per heavy atom. The van der Waals surface area contributed by atoms with Crippen LogP contribution in [0.2, 0.25) is 0 Å². The van der Waals surface area contributed by atoms with Gasteiger partial charge in [0.15, 0.2) is 0 Å². The third kappa shape index (κ3) is 2.35. The predicted molar refractivity (Wildman–Crippen MR) is 62.7 cm³/mol. The second kappa shape index (κ2) is 4.56. The Morgan fingerprint density at radius 2 is 2.12 bits per heavy atom. The molecule has 0 radical (unpaired) electrons. The lowest BCUT2D eigenvalue weighted by Gasteiger charge is -1.97. The molecule has 0 atom stereocenters. The van der Waals surface area contributed by atoms with Gasteiger partial charge in [-0.25, -0.2) is 9.67 Å². The SMILES string of the molecule is CCNc1nnc(Cn2nc(C)nc2C)s1. The van der Waals surface area contributed by atoms with Crippen molar-refractivity contribution in [3.8, 4) is 0 Å². The first-order valence-electron chi connectivity index (χ1n) is 5.13. The summed E-state index contributed by atoms with van der Waals surface area (Å²) in [6.45, 7) is 7.34. The fraction of sp³-hybridized carbons (Fsp3) is 0.556. The summed E-state index contributed by atoms with van der Waals surface area (Å²) in [7, 11) is 0. The number of aromatic nitrogens is 5. The Hall–Kier alpha value is -1.50. The lowest BCUT2D eigenvalue weighted by molar-refractivity contribution is 0.648. The topological polar surface area (TPSA) is 68.5 Å². The van der Waals surface area contributed by atoms with Crippen LogP contribution in [-0.4, -0.2) is 31.5 Å². The zero-order valence-electron chi connectivity index (χ0n) is 9.56. The molecule has 0 saturated carbocycles. The molecule has 0 saturated heterocycles. The molecule has 0 aliphatic rings. The maximum Gasteiger partial charge on any atom is 0.205 e. The van der Waals surface area contributed by atoms with Crippen LogP contribution < -0.4 is 5.32 Å². The Kier molecular flexibility index (Phi) is 3.14. The third-order valence-corrected chi connectivity index (χ3v) is 2.91. The molecule has 6 nitrogen and oxygen atoms in total. The lowest BCUT2D eigenvalue weighted by Crippen LogP contribution is -2.03. The maximum absolute atomic E-state index is 4.28. The zero-order valence-corrected chi connectivity index (χ0v) is 10.4. The molecule has 0 amide bonds. The molecule has 1 N–H and O–H groups in total. The highest BCUT2D eigenvalue weighted by Crippen LogP contribution is 2.15. The van der Waals surface area contributed by atoms with E-state index >= 15 is 0 Å². The molecule has 7 heteroatoms. The van der Waals surface area contributed by atoms with E-state index < -0.39 is 0 Å². The fourth-order valence-corrected chi connectivity index (χ4v) is 2.17. The Bertz CT molecular complexity index is 474. The monoisotopic (exact) mass is 238 g/mol. The average molecular weight is 238 g/mol. The van der Waals surface area contributed by atoms with E-state index in [1.165, 1.54) is 0 Å². The third-order valence-electron chi connectivity index (χ3n) is 2.04. The summed E-state index contributed by atoms with van der Waals surface area (Å²) in [5.74, 6) is 1.69. The van der Waals surface area contributed by atoms with Gasteiger partial charge < -0.3 is 5.32 Å². The first-order chi connectivity index (χ1) is 7.69. The van der Waals surface area contributed by atoms with Crippen LogP contribution in [0.4, 0.5) is 5.13 Å². The van der Waals surface area contributed by atoms with Crippen molar-refractivity contribution in [2.75, 3.05) is 11.9 Å². The number of rotatable bonds is 4. The van der Waals surface area contributed by atoms with Crippen LogP contribution >= 0.6 is 11.3 Å². The lowest BCUT2D eigenvalue weighted by atomic mass is 10.6. The standard InChI is InChI=1S/C9H14N6S/c1-4-10-9-13-12-8(16-9)5-15-7(3)11-6(2)14-15/h4-5H2,1-3H3,(H,10,13). The average Bonchev–Trinajstić information content (AvgIpc) is 2.76. The van der Waals surface area contributed by atoms with Crippen LogP contribution in [-0.2, 0) is 6.54 Å². The Balaban J connectivity index is 2.11. The van der Waals surface area contributed by atoms with Gasteiger partial charge in [0.05, 0.1) is 6.54 Å². The summed E-state index contributed by atoms with van der Waals surface area (Å²) in [6, 6.07) is 0. The largest absolute Gasteiger partial charge is 0.360 e. The molecule has 0 aliphatic carbocycles. The van der Waals surface area contributed by atoms with Gasteiger partial charge in [0.2, 0.25) is 5.13 Å². The minimum Gasteiger partial charge on any atom is -0.360 e. The summed E-state index contributed by atoms with van der Waals surface area (Å²) in [5.41, 5.74) is 0. The quantitative estimate of drug-likeness (QED) is 0.867. The van der Waals surface area contributed by atoms with E-state index in [0.29, 0.717) is 6.54 Å². The van der Waals surface area contributed by atoms with Crippen molar-refractivity contribution in [2.45, 2.75) is 27.3 Å². The van der Waals surface area contributed by atoms with Gasteiger partial charge in [-0.15, -0.1) is 10.2 Å². The second-order valence-electron chi connectivity index (χ2n) is 3.40. The molecule has 2 rings (SSSR count). The van der Waals surface area contributed by atoms with Crippen molar-refractivity contribution in [1.29, 1.82) is 0 Å². The van der Waals surface area contributed by atoms with Crippen molar-refractivity contribution in [3.63, 3.8) is 0 Å². The number of hydrogen-bond donors (Lipinski definition) is 1. The minimum atomic E-state index is 0.635. The van der Waals surface area contributed by atoms with Crippen LogP contribution in [0.15, 0.2) is 0 Å². The van der Waals surface area contributed by atoms with Crippen LogP contribution in [0, 0.1) is 13.8 Å². The predicted octanol–water partition coefficient (Wildman–Crippen LogP) is 1.23. The van der Waals surface area contributed by atoms with Crippen LogP contribution in [0.3, 0.4) is 0 Å². The smallest absolute Gasteiger partial charge is 0.205 e. The molecule has 16 heavy (non-hydrogen) atoms. The molecule has 2 heterocycles. The van der Waals surface area contributed by atoms with Crippen molar-refractivity contribution in [2.24, 2.45) is 0 Å². The Morgan fingerprint density at radius 1 is 1.31 bits per heavy atom. The van der Waals surface area contributed by atoms with E-state index in [0.717, 1.165) is 28.3 Å². The van der Waals surface area contributed by atoms with Crippen molar-refractivity contribution >= 4 is 16.5 Å². The molecule has 0 spiro atoms. The number of aryl methyl sites for hydroxylation is 2. The number of nitrogens with zero attached hydrogens (tertiary/aromatic N) is 5. The summed E-state index contributed by atoms with van der Waals surface area (Å²) < 4.78 is 1.84. The molecular formula is C9H14N6S. The van der Waals surface area contributed by atoms with E-state index in [9.17, 15) is 0 Å². The van der Waals surface area contributed by atoms with Gasteiger partial charge in [0.25, 0.3) is 0 Å². The molecule has 86 valence electrons. The summed E-state index contributed by atoms with van der Waals surface area (Å²) >= 11 is 1.55. The summed E-state index contributed by atoms with van der Waals surface area (Å²) in [6.07, 6.45) is 0. The summed E-state index contributed by atoms with van der Waals surface area (Å²) in [5, 5.41) is 17.3. The molecular weight excluding hydrogens is 224 g/mol. The number of nitrogens with one attached hydrogen (secondary N) is 1. The van der Waals surface area contributed by atoms with Gasteiger partial charge >= 0.3 is 0 Å². The van der Waals surface area contributed by atoms with Gasteiger partial charge in [-0.3, -0.25) is 0 Å². The van der Waals surface area contributed by atoms with Crippen molar-refractivity contribution in [3.05, 3.63) is 16.7 Å². The van der Waals surface area contributed by atoms with Crippen LogP contribution in [0.5, 0.6) is 0 Å². The van der Waals surface area contributed by atoms with Gasteiger partial charge in [-0.1, -0.05) is 11.3 Å². The molecule has 0 aliphatic heterocycles. The van der Waals surface area contributed by atoms with E-state index in [1.54, 1.807) is 11.3 Å². The van der Waals surface area contributed by atoms with E-state index in [4.69, 9.17) is 0 Å². The van der Waals surface area contributed by atoms with Gasteiger partial charge in [0.1, 0.15) is 16.7 Å². The van der Waals surface area contributed by atoms with Gasteiger partial charge in [-0.05, 0) is 20.8 Å². The normalized spacial score (nSPS) is 10.7. The molecule has 0 fully saturated rings. The van der Waals surface area contributed by atoms with E-state index in [1.807, 2.05) is 25.5 Å². The highest BCUT2D eigenvalue weighted by molar-refractivity contribution is 7.15. The van der Waals surface area contributed by atoms with Crippen molar-refractivity contribution < 1.29 is 0 Å². The highest BCUT2D eigenvalue weighted by Gasteiger charge is 2.07. The molecule has 0 unspecified atom stereocenters. The van der Waals surface area contributed by atoms with Crippen LogP contribution in [0.25, 0.3) is 0 Å². The van der Waals surface area contributed by atoms with E-state index in [-0.39, 0.29) is 0 Å². The highest BCUT2D eigenvalue weighted by atomic mass is 32.1. The first-order valence-corrected chi connectivity index (χ1v) is 5.95. The number of hydrogen-bond acceptors (Lipinski definition) is 6. The minimum absolute atomic E-state index is 0.635. The maximum atomic E-state index is 4.28. The van der Waals surface area contributed by atoms with E-state index in [2.05, 4.69) is 25.6 Å². The molecule has 0 bridgehead atoms. The van der Waals surface area contributed by atoms with Gasteiger partial charge in [-0.2, -0.15) is 5.10 Å². The van der Waals surface area contributed by atoms with Crippen LogP contribution in [0.1, 0.15) is 23.6 Å². The molecule has 2 aromatic rings. The fourth-order valence-electron chi connectivity index (χ4n) is 1.38. The van der Waals surface area contributed by atoms with Gasteiger partial charge in [0, 0.05) is 6.54 Å². The first kappa shape index (κ1) is 11.0. The molecule has 0 aromatic carbocycles. The van der Waals surface area contributed by atoms with Crippen molar-refractivity contribution in [1.82, 2.24) is 25.0 Å². The number of anilines is 1. The Labute approximate surface area is 97.7 Å². The zero-order chi connectivity index (χ0) is 11.5. The second-order valence-corrected chi connectivity index (χ2v) is 4.46.